The van der Waals surface area contributed by atoms with Crippen LogP contribution >= 0.6 is 0 Å². The summed E-state index contributed by atoms with van der Waals surface area (Å²) in [4.78, 5) is 12.7. The third kappa shape index (κ3) is 2.85. The van der Waals surface area contributed by atoms with Gasteiger partial charge in [0.2, 0.25) is 0 Å². The Morgan fingerprint density at radius 1 is 1.45 bits per heavy atom. The molecule has 0 aromatic heterocycles. The lowest BCUT2D eigenvalue weighted by atomic mass is 10.0. The van der Waals surface area contributed by atoms with Gasteiger partial charge in [0, 0.05) is 36.9 Å². The number of nitrogens with zero attached hydrogens (tertiary/aromatic N) is 2. The summed E-state index contributed by atoms with van der Waals surface area (Å²) in [6.45, 7) is 6.16. The SMILES string of the molecule is CCC1CN(c2ccc([N+](=O)[O-])c(N)c2)C(CC)CN1. The van der Waals surface area contributed by atoms with Crippen LogP contribution in [0.4, 0.5) is 17.1 Å². The number of benzene rings is 1. The van der Waals surface area contributed by atoms with Gasteiger partial charge in [0.1, 0.15) is 5.69 Å². The Morgan fingerprint density at radius 3 is 2.75 bits per heavy atom. The molecule has 1 heterocycles. The topological polar surface area (TPSA) is 84.4 Å². The fourth-order valence-electron chi connectivity index (χ4n) is 2.71. The molecule has 1 aliphatic rings. The van der Waals surface area contributed by atoms with Crippen molar-refractivity contribution in [3.05, 3.63) is 28.3 Å². The lowest BCUT2D eigenvalue weighted by molar-refractivity contribution is -0.383. The van der Waals surface area contributed by atoms with E-state index >= 15 is 0 Å². The molecule has 6 heteroatoms. The van der Waals surface area contributed by atoms with Gasteiger partial charge in [-0.2, -0.15) is 0 Å². The average Bonchev–Trinajstić information content (AvgIpc) is 2.46. The molecule has 1 aromatic carbocycles. The van der Waals surface area contributed by atoms with E-state index in [-0.39, 0.29) is 11.4 Å². The van der Waals surface area contributed by atoms with Crippen molar-refractivity contribution in [1.82, 2.24) is 5.32 Å². The second kappa shape index (κ2) is 6.09. The van der Waals surface area contributed by atoms with E-state index in [0.717, 1.165) is 31.6 Å². The maximum absolute atomic E-state index is 10.8. The van der Waals surface area contributed by atoms with Crippen LogP contribution in [-0.2, 0) is 0 Å². The standard InChI is InChI=1S/C14H22N4O2/c1-3-10-9-17(11(4-2)8-16-10)12-5-6-14(18(19)20)13(15)7-12/h5-7,10-11,16H,3-4,8-9,15H2,1-2H3. The molecule has 0 amide bonds. The van der Waals surface area contributed by atoms with E-state index in [1.165, 1.54) is 6.07 Å². The largest absolute Gasteiger partial charge is 0.393 e. The van der Waals surface area contributed by atoms with Crippen molar-refractivity contribution in [3.63, 3.8) is 0 Å². The van der Waals surface area contributed by atoms with Crippen molar-refractivity contribution < 1.29 is 4.92 Å². The molecule has 2 atom stereocenters. The lowest BCUT2D eigenvalue weighted by Crippen LogP contribution is -2.56. The molecule has 0 bridgehead atoms. The number of nitro groups is 1. The lowest BCUT2D eigenvalue weighted by Gasteiger charge is -2.41. The molecule has 20 heavy (non-hydrogen) atoms. The zero-order chi connectivity index (χ0) is 14.7. The first kappa shape index (κ1) is 14.6. The Balaban J connectivity index is 2.27. The van der Waals surface area contributed by atoms with Gasteiger partial charge in [-0.3, -0.25) is 10.1 Å². The molecule has 0 radical (unpaired) electrons. The third-order valence-electron chi connectivity index (χ3n) is 4.00. The Hall–Kier alpha value is -1.82. The predicted molar refractivity (Wildman–Crippen MR) is 81.0 cm³/mol. The number of hydrogen-bond donors (Lipinski definition) is 2. The molecule has 1 aliphatic heterocycles. The Morgan fingerprint density at radius 2 is 2.20 bits per heavy atom. The molecule has 1 aromatic rings. The van der Waals surface area contributed by atoms with Crippen LogP contribution in [0.2, 0.25) is 0 Å². The number of rotatable bonds is 4. The van der Waals surface area contributed by atoms with Crippen molar-refractivity contribution in [2.45, 2.75) is 38.8 Å². The first-order valence-electron chi connectivity index (χ1n) is 7.10. The summed E-state index contributed by atoms with van der Waals surface area (Å²) in [5.74, 6) is 0. The highest BCUT2D eigenvalue weighted by Crippen LogP contribution is 2.29. The smallest absolute Gasteiger partial charge is 0.292 e. The van der Waals surface area contributed by atoms with E-state index in [1.807, 2.05) is 0 Å². The number of nitro benzene ring substituents is 1. The maximum atomic E-state index is 10.8. The second-order valence-corrected chi connectivity index (χ2v) is 5.23. The van der Waals surface area contributed by atoms with Gasteiger partial charge in [0.05, 0.1) is 4.92 Å². The number of hydrogen-bond acceptors (Lipinski definition) is 5. The van der Waals surface area contributed by atoms with Crippen molar-refractivity contribution >= 4 is 17.1 Å². The van der Waals surface area contributed by atoms with Gasteiger partial charge in [-0.25, -0.2) is 0 Å². The van der Waals surface area contributed by atoms with Crippen LogP contribution in [0.1, 0.15) is 26.7 Å². The summed E-state index contributed by atoms with van der Waals surface area (Å²) in [7, 11) is 0. The zero-order valence-electron chi connectivity index (χ0n) is 12.0. The predicted octanol–water partition coefficient (Wildman–Crippen LogP) is 2.14. The highest BCUT2D eigenvalue weighted by molar-refractivity contribution is 5.67. The molecule has 1 fully saturated rings. The van der Waals surface area contributed by atoms with Crippen LogP contribution in [0.5, 0.6) is 0 Å². The second-order valence-electron chi connectivity index (χ2n) is 5.23. The summed E-state index contributed by atoms with van der Waals surface area (Å²) in [5.41, 5.74) is 6.98. The van der Waals surface area contributed by atoms with Gasteiger partial charge < -0.3 is 16.0 Å². The van der Waals surface area contributed by atoms with Gasteiger partial charge in [-0.1, -0.05) is 13.8 Å². The monoisotopic (exact) mass is 278 g/mol. The van der Waals surface area contributed by atoms with Crippen LogP contribution in [0, 0.1) is 10.1 Å². The Kier molecular flexibility index (Phi) is 4.44. The van der Waals surface area contributed by atoms with Crippen LogP contribution in [0.15, 0.2) is 18.2 Å². The molecule has 6 nitrogen and oxygen atoms in total. The summed E-state index contributed by atoms with van der Waals surface area (Å²) >= 11 is 0. The average molecular weight is 278 g/mol. The minimum Gasteiger partial charge on any atom is -0.393 e. The van der Waals surface area contributed by atoms with Crippen molar-refractivity contribution in [3.8, 4) is 0 Å². The molecular weight excluding hydrogens is 256 g/mol. The van der Waals surface area contributed by atoms with Crippen LogP contribution in [-0.4, -0.2) is 30.1 Å². The fraction of sp³-hybridized carbons (Fsp3) is 0.571. The highest BCUT2D eigenvalue weighted by atomic mass is 16.6. The van der Waals surface area contributed by atoms with E-state index < -0.39 is 4.92 Å². The normalized spacial score (nSPS) is 22.8. The maximum Gasteiger partial charge on any atom is 0.292 e. The summed E-state index contributed by atoms with van der Waals surface area (Å²) in [6.07, 6.45) is 2.09. The summed E-state index contributed by atoms with van der Waals surface area (Å²) in [6, 6.07) is 5.88. The molecule has 110 valence electrons. The Bertz CT molecular complexity index is 492. The number of anilines is 2. The molecular formula is C14H22N4O2. The molecule has 2 rings (SSSR count). The first-order valence-corrected chi connectivity index (χ1v) is 7.10. The fourth-order valence-corrected chi connectivity index (χ4v) is 2.71. The van der Waals surface area contributed by atoms with Crippen molar-refractivity contribution in [2.24, 2.45) is 0 Å². The number of piperazine rings is 1. The van der Waals surface area contributed by atoms with Gasteiger partial charge in [-0.15, -0.1) is 0 Å². The van der Waals surface area contributed by atoms with E-state index in [0.29, 0.717) is 12.1 Å². The molecule has 3 N–H and O–H groups in total. The van der Waals surface area contributed by atoms with Crippen LogP contribution in [0.3, 0.4) is 0 Å². The van der Waals surface area contributed by atoms with Crippen LogP contribution in [0.25, 0.3) is 0 Å². The molecule has 2 unspecified atom stereocenters. The first-order chi connectivity index (χ1) is 9.56. The highest BCUT2D eigenvalue weighted by Gasteiger charge is 2.26. The molecule has 0 aliphatic carbocycles. The minimum absolute atomic E-state index is 0.0241. The summed E-state index contributed by atoms with van der Waals surface area (Å²) in [5, 5.41) is 14.4. The minimum atomic E-state index is -0.441. The van der Waals surface area contributed by atoms with Crippen molar-refractivity contribution in [1.29, 1.82) is 0 Å². The van der Waals surface area contributed by atoms with E-state index in [2.05, 4.69) is 24.1 Å². The quantitative estimate of drug-likeness (QED) is 0.501. The molecule has 0 saturated carbocycles. The van der Waals surface area contributed by atoms with Gasteiger partial charge in [-0.05, 0) is 25.0 Å². The van der Waals surface area contributed by atoms with E-state index in [9.17, 15) is 10.1 Å². The third-order valence-corrected chi connectivity index (χ3v) is 4.00. The van der Waals surface area contributed by atoms with Crippen molar-refractivity contribution in [2.75, 3.05) is 23.7 Å². The zero-order valence-corrected chi connectivity index (χ0v) is 12.0. The molecule has 0 spiro atoms. The van der Waals surface area contributed by atoms with E-state index in [1.54, 1.807) is 12.1 Å². The summed E-state index contributed by atoms with van der Waals surface area (Å²) < 4.78 is 0. The number of nitrogens with two attached hydrogens (primary N) is 1. The van der Waals surface area contributed by atoms with Gasteiger partial charge in [0.15, 0.2) is 0 Å². The van der Waals surface area contributed by atoms with E-state index in [4.69, 9.17) is 5.73 Å². The number of nitrogen functional groups attached to an aromatic ring is 1. The van der Waals surface area contributed by atoms with Gasteiger partial charge >= 0.3 is 0 Å². The Labute approximate surface area is 119 Å². The number of nitrogens with one attached hydrogen (secondary N) is 1. The van der Waals surface area contributed by atoms with Gasteiger partial charge in [0.25, 0.3) is 5.69 Å². The molecule has 1 saturated heterocycles. The van der Waals surface area contributed by atoms with Crippen LogP contribution < -0.4 is 16.0 Å².